The van der Waals surface area contributed by atoms with Crippen LogP contribution < -0.4 is 5.73 Å². The van der Waals surface area contributed by atoms with E-state index in [0.717, 1.165) is 32.1 Å². The summed E-state index contributed by atoms with van der Waals surface area (Å²) in [5, 5.41) is 8.87. The zero-order valence-corrected chi connectivity index (χ0v) is 14.4. The number of piperidine rings is 1. The van der Waals surface area contributed by atoms with Gasteiger partial charge in [-0.25, -0.2) is 4.79 Å². The zero-order chi connectivity index (χ0) is 17.7. The fourth-order valence-electron chi connectivity index (χ4n) is 3.81. The first-order chi connectivity index (χ1) is 11.4. The van der Waals surface area contributed by atoms with Crippen molar-refractivity contribution >= 4 is 17.9 Å². The van der Waals surface area contributed by atoms with Gasteiger partial charge in [0, 0.05) is 38.5 Å². The normalized spacial score (nSPS) is 25.3. The lowest BCUT2D eigenvalue weighted by atomic mass is 9.79. The van der Waals surface area contributed by atoms with Crippen molar-refractivity contribution in [3.63, 3.8) is 0 Å². The van der Waals surface area contributed by atoms with Gasteiger partial charge >= 0.3 is 6.09 Å². The van der Waals surface area contributed by atoms with Crippen molar-refractivity contribution in [1.82, 2.24) is 9.80 Å². The third-order valence-electron chi connectivity index (χ3n) is 5.60. The van der Waals surface area contributed by atoms with Gasteiger partial charge in [-0.15, -0.1) is 0 Å². The Hall–Kier alpha value is -1.79. The van der Waals surface area contributed by atoms with Crippen LogP contribution in [0.1, 0.15) is 44.9 Å². The molecular formula is C17H29N3O4. The van der Waals surface area contributed by atoms with E-state index in [0.29, 0.717) is 38.4 Å². The molecule has 1 saturated heterocycles. The first-order valence-corrected chi connectivity index (χ1v) is 8.90. The summed E-state index contributed by atoms with van der Waals surface area (Å²) in [5.41, 5.74) is 5.33. The molecular weight excluding hydrogens is 310 g/mol. The lowest BCUT2D eigenvalue weighted by Gasteiger charge is -2.35. The lowest BCUT2D eigenvalue weighted by molar-refractivity contribution is -0.139. The van der Waals surface area contributed by atoms with Crippen molar-refractivity contribution in [2.45, 2.75) is 44.9 Å². The van der Waals surface area contributed by atoms with Crippen molar-refractivity contribution < 1.29 is 19.5 Å². The predicted octanol–water partition coefficient (Wildman–Crippen LogP) is 1.52. The van der Waals surface area contributed by atoms with E-state index in [1.165, 1.54) is 4.90 Å². The number of nitrogens with zero attached hydrogens (tertiary/aromatic N) is 2. The molecule has 0 bridgehead atoms. The average molecular weight is 339 g/mol. The van der Waals surface area contributed by atoms with E-state index in [9.17, 15) is 14.4 Å². The van der Waals surface area contributed by atoms with Crippen LogP contribution in [-0.2, 0) is 9.59 Å². The Morgan fingerprint density at radius 1 is 1.04 bits per heavy atom. The topological polar surface area (TPSA) is 104 Å². The number of carbonyl (C=O) groups is 3. The van der Waals surface area contributed by atoms with E-state index in [2.05, 4.69) is 0 Å². The van der Waals surface area contributed by atoms with Gasteiger partial charge < -0.3 is 20.6 Å². The fraction of sp³-hybridized carbons (Fsp3) is 0.824. The highest BCUT2D eigenvalue weighted by atomic mass is 16.4. The molecule has 1 saturated carbocycles. The second kappa shape index (κ2) is 8.35. The first kappa shape index (κ1) is 18.5. The molecule has 3 N–H and O–H groups in total. The van der Waals surface area contributed by atoms with E-state index in [1.807, 2.05) is 4.90 Å². The molecule has 3 amide bonds. The minimum atomic E-state index is -0.891. The molecule has 2 rings (SSSR count). The Bertz CT molecular complexity index is 466. The molecule has 1 heterocycles. The van der Waals surface area contributed by atoms with Crippen LogP contribution in [0, 0.1) is 17.8 Å². The second-order valence-electron chi connectivity index (χ2n) is 7.21. The minimum Gasteiger partial charge on any atom is -0.465 e. The number of hydrogen-bond acceptors (Lipinski definition) is 3. The fourth-order valence-corrected chi connectivity index (χ4v) is 3.81. The summed E-state index contributed by atoms with van der Waals surface area (Å²) in [5.74, 6) is 0.476. The third-order valence-corrected chi connectivity index (χ3v) is 5.60. The molecule has 136 valence electrons. The smallest absolute Gasteiger partial charge is 0.407 e. The van der Waals surface area contributed by atoms with Crippen LogP contribution >= 0.6 is 0 Å². The van der Waals surface area contributed by atoms with Gasteiger partial charge in [-0.2, -0.15) is 0 Å². The van der Waals surface area contributed by atoms with Crippen molar-refractivity contribution in [3.05, 3.63) is 0 Å². The Labute approximate surface area is 143 Å². The maximum absolute atomic E-state index is 12.6. The molecule has 1 aliphatic heterocycles. The van der Waals surface area contributed by atoms with Crippen molar-refractivity contribution in [2.24, 2.45) is 23.5 Å². The van der Waals surface area contributed by atoms with Crippen LogP contribution in [-0.4, -0.2) is 59.5 Å². The summed E-state index contributed by atoms with van der Waals surface area (Å²) >= 11 is 0. The van der Waals surface area contributed by atoms with Gasteiger partial charge in [-0.3, -0.25) is 9.59 Å². The molecule has 0 aromatic carbocycles. The number of carbonyl (C=O) groups excluding carboxylic acids is 2. The van der Waals surface area contributed by atoms with Crippen LogP contribution in [0.2, 0.25) is 0 Å². The first-order valence-electron chi connectivity index (χ1n) is 8.90. The van der Waals surface area contributed by atoms with Crippen LogP contribution in [0.3, 0.4) is 0 Å². The third kappa shape index (κ3) is 4.85. The molecule has 0 spiro atoms. The van der Waals surface area contributed by atoms with Crippen molar-refractivity contribution in [1.29, 1.82) is 0 Å². The number of hydrogen-bond donors (Lipinski definition) is 2. The predicted molar refractivity (Wildman–Crippen MR) is 89.2 cm³/mol. The van der Waals surface area contributed by atoms with E-state index in [-0.39, 0.29) is 23.7 Å². The van der Waals surface area contributed by atoms with Crippen LogP contribution in [0.5, 0.6) is 0 Å². The van der Waals surface area contributed by atoms with Gasteiger partial charge in [0.15, 0.2) is 0 Å². The molecule has 0 unspecified atom stereocenters. The molecule has 2 aliphatic rings. The van der Waals surface area contributed by atoms with Crippen LogP contribution in [0.15, 0.2) is 0 Å². The Morgan fingerprint density at radius 3 is 2.12 bits per heavy atom. The van der Waals surface area contributed by atoms with Gasteiger partial charge in [-0.05, 0) is 50.9 Å². The number of amides is 3. The quantitative estimate of drug-likeness (QED) is 0.792. The van der Waals surface area contributed by atoms with Crippen molar-refractivity contribution in [2.75, 3.05) is 26.7 Å². The molecule has 2 fully saturated rings. The number of likely N-dealkylation sites (tertiary alicyclic amines) is 1. The van der Waals surface area contributed by atoms with Gasteiger partial charge in [0.2, 0.25) is 11.8 Å². The summed E-state index contributed by atoms with van der Waals surface area (Å²) in [6, 6.07) is 0. The van der Waals surface area contributed by atoms with Crippen molar-refractivity contribution in [3.8, 4) is 0 Å². The number of primary amides is 1. The van der Waals surface area contributed by atoms with E-state index < -0.39 is 6.09 Å². The van der Waals surface area contributed by atoms with E-state index in [4.69, 9.17) is 10.8 Å². The summed E-state index contributed by atoms with van der Waals surface area (Å²) < 4.78 is 0. The molecule has 7 heteroatoms. The lowest BCUT2D eigenvalue weighted by Crippen LogP contribution is -2.44. The number of carboxylic acid groups (broad SMARTS) is 1. The van der Waals surface area contributed by atoms with Crippen LogP contribution in [0.25, 0.3) is 0 Å². The largest absolute Gasteiger partial charge is 0.465 e. The molecule has 0 aromatic heterocycles. The van der Waals surface area contributed by atoms with Gasteiger partial charge in [0.1, 0.15) is 0 Å². The van der Waals surface area contributed by atoms with Gasteiger partial charge in [0.05, 0.1) is 0 Å². The minimum absolute atomic E-state index is 0.0866. The monoisotopic (exact) mass is 339 g/mol. The number of nitrogens with two attached hydrogens (primary N) is 1. The summed E-state index contributed by atoms with van der Waals surface area (Å²) in [7, 11) is 1.59. The van der Waals surface area contributed by atoms with E-state index in [1.54, 1.807) is 7.05 Å². The van der Waals surface area contributed by atoms with Gasteiger partial charge in [-0.1, -0.05) is 0 Å². The maximum Gasteiger partial charge on any atom is 0.407 e. The van der Waals surface area contributed by atoms with E-state index >= 15 is 0 Å². The molecule has 0 aromatic rings. The average Bonchev–Trinajstić information content (AvgIpc) is 2.59. The Morgan fingerprint density at radius 2 is 1.62 bits per heavy atom. The summed E-state index contributed by atoms with van der Waals surface area (Å²) in [6.45, 7) is 1.82. The SMILES string of the molecule is CN(CCC1CCC(C(=O)N2CCC(C(N)=O)CC2)CC1)C(=O)O. The van der Waals surface area contributed by atoms with Crippen LogP contribution in [0.4, 0.5) is 4.79 Å². The molecule has 0 radical (unpaired) electrons. The zero-order valence-electron chi connectivity index (χ0n) is 14.4. The van der Waals surface area contributed by atoms with Gasteiger partial charge in [0.25, 0.3) is 0 Å². The Balaban J connectivity index is 1.71. The summed E-state index contributed by atoms with van der Waals surface area (Å²) in [4.78, 5) is 37.8. The number of rotatable bonds is 5. The summed E-state index contributed by atoms with van der Waals surface area (Å²) in [6.07, 6.45) is 5.08. The highest BCUT2D eigenvalue weighted by molar-refractivity contribution is 5.80. The second-order valence-corrected chi connectivity index (χ2v) is 7.21. The standard InChI is InChI=1S/C17H29N3O4/c1-19(17(23)24)9-6-12-2-4-14(5-3-12)16(22)20-10-7-13(8-11-20)15(18)21/h12-14H,2-11H2,1H3,(H2,18,21)(H,23,24). The highest BCUT2D eigenvalue weighted by Gasteiger charge is 2.32. The Kier molecular flexibility index (Phi) is 6.45. The maximum atomic E-state index is 12.6. The highest BCUT2D eigenvalue weighted by Crippen LogP contribution is 2.32. The molecule has 24 heavy (non-hydrogen) atoms. The molecule has 7 nitrogen and oxygen atoms in total. The molecule has 1 aliphatic carbocycles. The molecule has 0 atom stereocenters.